The van der Waals surface area contributed by atoms with E-state index < -0.39 is 12.0 Å². The van der Waals surface area contributed by atoms with Crippen LogP contribution in [0.5, 0.6) is 0 Å². The van der Waals surface area contributed by atoms with E-state index in [1.165, 1.54) is 4.42 Å². The lowest BCUT2D eigenvalue weighted by molar-refractivity contribution is -0.140. The van der Waals surface area contributed by atoms with E-state index in [1.807, 2.05) is 0 Å². The summed E-state index contributed by atoms with van der Waals surface area (Å²) in [5.74, 6) is -0.817. The molecule has 0 bridgehead atoms. The lowest BCUT2D eigenvalue weighted by atomic mass is 10.2. The molecule has 5 heteroatoms. The first-order valence-electron chi connectivity index (χ1n) is 2.87. The lowest BCUT2D eigenvalue weighted by Crippen LogP contribution is -2.28. The SMILES string of the molecule is Cl.O=C(O)[C@@H]1CCCN1Cl. The Morgan fingerprint density at radius 1 is 1.70 bits per heavy atom. The Bertz CT molecular complexity index is 131. The van der Waals surface area contributed by atoms with Gasteiger partial charge in [-0.15, -0.1) is 12.4 Å². The molecule has 0 aromatic heterocycles. The Balaban J connectivity index is 0.000000810. The van der Waals surface area contributed by atoms with Gasteiger partial charge in [0.05, 0.1) is 0 Å². The predicted octanol–water partition coefficient (Wildman–Crippen LogP) is 1.11. The molecule has 60 valence electrons. The van der Waals surface area contributed by atoms with Crippen LogP contribution in [0.3, 0.4) is 0 Å². The highest BCUT2D eigenvalue weighted by Crippen LogP contribution is 2.18. The summed E-state index contributed by atoms with van der Waals surface area (Å²) < 4.78 is 1.35. The first kappa shape index (κ1) is 10.0. The molecule has 1 N–H and O–H groups in total. The molecule has 0 amide bonds. The van der Waals surface area contributed by atoms with E-state index in [0.29, 0.717) is 13.0 Å². The third kappa shape index (κ3) is 2.01. The molecule has 0 aromatic rings. The van der Waals surface area contributed by atoms with Gasteiger partial charge in [-0.2, -0.15) is 0 Å². The fourth-order valence-electron chi connectivity index (χ4n) is 0.975. The molecular formula is C5H9Cl2NO2. The average Bonchev–Trinajstić information content (AvgIpc) is 2.13. The highest BCUT2D eigenvalue weighted by atomic mass is 35.5. The predicted molar refractivity (Wildman–Crippen MR) is 40.5 cm³/mol. The molecule has 0 saturated carbocycles. The molecule has 1 saturated heterocycles. The zero-order chi connectivity index (χ0) is 6.85. The van der Waals surface area contributed by atoms with Crippen molar-refractivity contribution in [1.29, 1.82) is 0 Å². The van der Waals surface area contributed by atoms with Gasteiger partial charge in [0, 0.05) is 6.54 Å². The first-order chi connectivity index (χ1) is 4.22. The van der Waals surface area contributed by atoms with Crippen molar-refractivity contribution in [1.82, 2.24) is 4.42 Å². The molecule has 1 aliphatic heterocycles. The zero-order valence-electron chi connectivity index (χ0n) is 5.29. The van der Waals surface area contributed by atoms with Gasteiger partial charge in [0.15, 0.2) is 0 Å². The van der Waals surface area contributed by atoms with Crippen LogP contribution < -0.4 is 0 Å². The minimum atomic E-state index is -0.817. The molecule has 1 rings (SSSR count). The number of halogens is 2. The summed E-state index contributed by atoms with van der Waals surface area (Å²) in [6, 6.07) is -0.452. The minimum Gasteiger partial charge on any atom is -0.480 e. The van der Waals surface area contributed by atoms with Crippen LogP contribution in [0, 0.1) is 0 Å². The van der Waals surface area contributed by atoms with Crippen LogP contribution in [0.15, 0.2) is 0 Å². The molecule has 1 fully saturated rings. The summed E-state index contributed by atoms with van der Waals surface area (Å²) in [5, 5.41) is 8.46. The zero-order valence-corrected chi connectivity index (χ0v) is 6.86. The van der Waals surface area contributed by atoms with Crippen molar-refractivity contribution in [2.75, 3.05) is 6.54 Å². The summed E-state index contributed by atoms with van der Waals surface area (Å²) in [6.07, 6.45) is 1.57. The highest BCUT2D eigenvalue weighted by molar-refractivity contribution is 6.14. The van der Waals surface area contributed by atoms with Gasteiger partial charge in [-0.05, 0) is 24.6 Å². The Labute approximate surface area is 70.5 Å². The summed E-state index contributed by atoms with van der Waals surface area (Å²) >= 11 is 5.53. The maximum Gasteiger partial charge on any atom is 0.322 e. The van der Waals surface area contributed by atoms with Crippen LogP contribution in [0.25, 0.3) is 0 Å². The number of hydrogen-bond acceptors (Lipinski definition) is 2. The third-order valence-corrected chi connectivity index (χ3v) is 1.88. The Kier molecular flexibility index (Phi) is 4.01. The monoisotopic (exact) mass is 185 g/mol. The van der Waals surface area contributed by atoms with Crippen molar-refractivity contribution in [3.8, 4) is 0 Å². The van der Waals surface area contributed by atoms with Gasteiger partial charge in [0.2, 0.25) is 0 Å². The second-order valence-electron chi connectivity index (χ2n) is 2.12. The van der Waals surface area contributed by atoms with Crippen molar-refractivity contribution in [3.63, 3.8) is 0 Å². The number of rotatable bonds is 1. The van der Waals surface area contributed by atoms with Crippen molar-refractivity contribution in [2.24, 2.45) is 0 Å². The Hall–Kier alpha value is 0.01000. The van der Waals surface area contributed by atoms with Crippen LogP contribution in [0.1, 0.15) is 12.8 Å². The fraction of sp³-hybridized carbons (Fsp3) is 0.800. The van der Waals surface area contributed by atoms with E-state index in [4.69, 9.17) is 16.9 Å². The Morgan fingerprint density at radius 3 is 2.50 bits per heavy atom. The number of aliphatic carboxylic acids is 1. The van der Waals surface area contributed by atoms with Crippen LogP contribution in [0.4, 0.5) is 0 Å². The van der Waals surface area contributed by atoms with E-state index in [2.05, 4.69) is 0 Å². The molecule has 1 aliphatic rings. The number of hydrogen-bond donors (Lipinski definition) is 1. The third-order valence-electron chi connectivity index (χ3n) is 1.47. The fourth-order valence-corrected chi connectivity index (χ4v) is 1.28. The average molecular weight is 186 g/mol. The molecule has 0 radical (unpaired) electrons. The van der Waals surface area contributed by atoms with Crippen molar-refractivity contribution >= 4 is 30.2 Å². The number of carboxylic acid groups (broad SMARTS) is 1. The summed E-state index contributed by atoms with van der Waals surface area (Å²) in [4.78, 5) is 10.3. The minimum absolute atomic E-state index is 0. The van der Waals surface area contributed by atoms with E-state index >= 15 is 0 Å². The molecule has 3 nitrogen and oxygen atoms in total. The van der Waals surface area contributed by atoms with Crippen molar-refractivity contribution in [3.05, 3.63) is 0 Å². The van der Waals surface area contributed by atoms with Gasteiger partial charge in [0.1, 0.15) is 6.04 Å². The van der Waals surface area contributed by atoms with Gasteiger partial charge >= 0.3 is 5.97 Å². The molecule has 0 unspecified atom stereocenters. The van der Waals surface area contributed by atoms with Gasteiger partial charge in [-0.25, -0.2) is 4.42 Å². The molecule has 1 heterocycles. The summed E-state index contributed by atoms with van der Waals surface area (Å²) in [5.41, 5.74) is 0. The second kappa shape index (κ2) is 4.01. The highest BCUT2D eigenvalue weighted by Gasteiger charge is 2.28. The Morgan fingerprint density at radius 2 is 2.30 bits per heavy atom. The van der Waals surface area contributed by atoms with Crippen LogP contribution in [-0.2, 0) is 4.79 Å². The van der Waals surface area contributed by atoms with E-state index in [0.717, 1.165) is 6.42 Å². The normalized spacial score (nSPS) is 25.9. The first-order valence-corrected chi connectivity index (χ1v) is 3.21. The lowest BCUT2D eigenvalue weighted by Gasteiger charge is -2.09. The number of carboxylic acids is 1. The number of carbonyl (C=O) groups is 1. The van der Waals surface area contributed by atoms with Crippen LogP contribution in [-0.4, -0.2) is 28.1 Å². The standard InChI is InChI=1S/C5H8ClNO2.ClH/c6-7-3-1-2-4(7)5(8)9;/h4H,1-3H2,(H,8,9);1H/t4-;/m0./s1. The molecule has 1 atom stereocenters. The quantitative estimate of drug-likeness (QED) is 0.623. The summed E-state index contributed by atoms with van der Waals surface area (Å²) in [7, 11) is 0. The van der Waals surface area contributed by atoms with E-state index in [1.54, 1.807) is 0 Å². The van der Waals surface area contributed by atoms with Crippen molar-refractivity contribution in [2.45, 2.75) is 18.9 Å². The van der Waals surface area contributed by atoms with Gasteiger partial charge in [0.25, 0.3) is 0 Å². The molecule has 10 heavy (non-hydrogen) atoms. The van der Waals surface area contributed by atoms with E-state index in [9.17, 15) is 4.79 Å². The van der Waals surface area contributed by atoms with Crippen molar-refractivity contribution < 1.29 is 9.90 Å². The summed E-state index contributed by atoms with van der Waals surface area (Å²) in [6.45, 7) is 0.693. The van der Waals surface area contributed by atoms with Gasteiger partial charge in [-0.3, -0.25) is 4.79 Å². The van der Waals surface area contributed by atoms with Crippen LogP contribution >= 0.6 is 24.2 Å². The maximum atomic E-state index is 10.3. The molecule has 0 aliphatic carbocycles. The largest absolute Gasteiger partial charge is 0.480 e. The van der Waals surface area contributed by atoms with Crippen LogP contribution in [0.2, 0.25) is 0 Å². The van der Waals surface area contributed by atoms with Gasteiger partial charge < -0.3 is 5.11 Å². The topological polar surface area (TPSA) is 40.5 Å². The van der Waals surface area contributed by atoms with E-state index in [-0.39, 0.29) is 12.4 Å². The smallest absolute Gasteiger partial charge is 0.322 e. The second-order valence-corrected chi connectivity index (χ2v) is 2.55. The number of nitrogens with zero attached hydrogens (tertiary/aromatic N) is 1. The molecule has 0 spiro atoms. The molecule has 0 aromatic carbocycles. The maximum absolute atomic E-state index is 10.3. The molecular weight excluding hydrogens is 177 g/mol. The van der Waals surface area contributed by atoms with Gasteiger partial charge in [-0.1, -0.05) is 0 Å².